The van der Waals surface area contributed by atoms with Gasteiger partial charge in [-0.25, -0.2) is 14.8 Å². The SMILES string of the molecule is Cc1ncc(C(NN)c2ccccc2F)s1. The topological polar surface area (TPSA) is 50.9 Å². The van der Waals surface area contributed by atoms with Crippen LogP contribution in [0.2, 0.25) is 0 Å². The highest BCUT2D eigenvalue weighted by atomic mass is 32.1. The Balaban J connectivity index is 2.40. The molecule has 1 aromatic heterocycles. The molecule has 1 aromatic carbocycles. The van der Waals surface area contributed by atoms with E-state index in [1.807, 2.05) is 6.92 Å². The molecule has 1 atom stereocenters. The Morgan fingerprint density at radius 2 is 2.19 bits per heavy atom. The molecular formula is C11H12FN3S. The maximum absolute atomic E-state index is 13.6. The van der Waals surface area contributed by atoms with Gasteiger partial charge in [-0.15, -0.1) is 11.3 Å². The van der Waals surface area contributed by atoms with E-state index in [1.54, 1.807) is 24.4 Å². The summed E-state index contributed by atoms with van der Waals surface area (Å²) in [6.07, 6.45) is 1.72. The molecule has 0 fully saturated rings. The first-order valence-electron chi connectivity index (χ1n) is 4.85. The van der Waals surface area contributed by atoms with Crippen LogP contribution in [0.15, 0.2) is 30.5 Å². The normalized spacial score (nSPS) is 12.7. The van der Waals surface area contributed by atoms with Crippen LogP contribution in [0.1, 0.15) is 21.5 Å². The molecule has 3 N–H and O–H groups in total. The van der Waals surface area contributed by atoms with Crippen LogP contribution >= 0.6 is 11.3 Å². The van der Waals surface area contributed by atoms with Crippen LogP contribution in [0.4, 0.5) is 4.39 Å². The van der Waals surface area contributed by atoms with E-state index in [0.29, 0.717) is 5.56 Å². The van der Waals surface area contributed by atoms with Gasteiger partial charge in [-0.05, 0) is 13.0 Å². The maximum Gasteiger partial charge on any atom is 0.128 e. The molecule has 3 nitrogen and oxygen atoms in total. The van der Waals surface area contributed by atoms with Crippen molar-refractivity contribution in [1.82, 2.24) is 10.4 Å². The number of rotatable bonds is 3. The second-order valence-electron chi connectivity index (χ2n) is 3.40. The molecule has 16 heavy (non-hydrogen) atoms. The third kappa shape index (κ3) is 2.11. The fourth-order valence-corrected chi connectivity index (χ4v) is 2.41. The van der Waals surface area contributed by atoms with Crippen LogP contribution in [0.5, 0.6) is 0 Å². The third-order valence-corrected chi connectivity index (χ3v) is 3.28. The number of aryl methyl sites for hydroxylation is 1. The molecule has 0 saturated heterocycles. The van der Waals surface area contributed by atoms with Gasteiger partial charge in [0.15, 0.2) is 0 Å². The number of hydrogen-bond donors (Lipinski definition) is 2. The minimum Gasteiger partial charge on any atom is -0.271 e. The van der Waals surface area contributed by atoms with E-state index in [9.17, 15) is 4.39 Å². The lowest BCUT2D eigenvalue weighted by molar-refractivity contribution is 0.564. The van der Waals surface area contributed by atoms with Crippen molar-refractivity contribution >= 4 is 11.3 Å². The molecular weight excluding hydrogens is 225 g/mol. The minimum atomic E-state index is -0.340. The second kappa shape index (κ2) is 4.69. The molecule has 0 aliphatic heterocycles. The summed E-state index contributed by atoms with van der Waals surface area (Å²) in [6.45, 7) is 1.91. The van der Waals surface area contributed by atoms with E-state index in [-0.39, 0.29) is 11.9 Å². The summed E-state index contributed by atoms with van der Waals surface area (Å²) in [5.41, 5.74) is 3.16. The molecule has 0 radical (unpaired) electrons. The highest BCUT2D eigenvalue weighted by Crippen LogP contribution is 2.27. The lowest BCUT2D eigenvalue weighted by Crippen LogP contribution is -2.28. The predicted molar refractivity (Wildman–Crippen MR) is 62.4 cm³/mol. The van der Waals surface area contributed by atoms with E-state index in [0.717, 1.165) is 9.88 Å². The average molecular weight is 237 g/mol. The van der Waals surface area contributed by atoms with Gasteiger partial charge in [-0.3, -0.25) is 5.84 Å². The van der Waals surface area contributed by atoms with E-state index < -0.39 is 0 Å². The zero-order valence-corrected chi connectivity index (χ0v) is 9.59. The van der Waals surface area contributed by atoms with Gasteiger partial charge in [0.05, 0.1) is 11.0 Å². The van der Waals surface area contributed by atoms with Gasteiger partial charge in [-0.1, -0.05) is 18.2 Å². The summed E-state index contributed by atoms with van der Waals surface area (Å²) in [7, 11) is 0. The summed E-state index contributed by atoms with van der Waals surface area (Å²) in [5, 5.41) is 0.937. The van der Waals surface area contributed by atoms with E-state index >= 15 is 0 Å². The van der Waals surface area contributed by atoms with Gasteiger partial charge in [-0.2, -0.15) is 0 Å². The number of benzene rings is 1. The molecule has 0 spiro atoms. The Bertz CT molecular complexity index is 484. The number of hydrogen-bond acceptors (Lipinski definition) is 4. The summed E-state index contributed by atoms with van der Waals surface area (Å²) in [6, 6.07) is 6.25. The molecule has 2 rings (SSSR count). The molecule has 1 heterocycles. The quantitative estimate of drug-likeness (QED) is 0.635. The van der Waals surface area contributed by atoms with Crippen molar-refractivity contribution in [3.63, 3.8) is 0 Å². The fourth-order valence-electron chi connectivity index (χ4n) is 1.55. The summed E-state index contributed by atoms with van der Waals surface area (Å²) in [5.74, 6) is 5.21. The van der Waals surface area contributed by atoms with Crippen LogP contribution in [-0.2, 0) is 0 Å². The highest BCUT2D eigenvalue weighted by Gasteiger charge is 2.17. The van der Waals surface area contributed by atoms with Gasteiger partial charge in [0.1, 0.15) is 5.82 Å². The molecule has 0 amide bonds. The van der Waals surface area contributed by atoms with Crippen molar-refractivity contribution in [2.45, 2.75) is 13.0 Å². The Hall–Kier alpha value is -1.30. The van der Waals surface area contributed by atoms with Crippen LogP contribution in [0.25, 0.3) is 0 Å². The number of nitrogens with two attached hydrogens (primary N) is 1. The Kier molecular flexibility index (Phi) is 3.28. The number of nitrogens with zero attached hydrogens (tertiary/aromatic N) is 1. The van der Waals surface area contributed by atoms with Gasteiger partial charge in [0.2, 0.25) is 0 Å². The van der Waals surface area contributed by atoms with Crippen LogP contribution in [-0.4, -0.2) is 4.98 Å². The van der Waals surface area contributed by atoms with Crippen molar-refractivity contribution in [1.29, 1.82) is 0 Å². The lowest BCUT2D eigenvalue weighted by atomic mass is 10.1. The number of thiazole rings is 1. The fraction of sp³-hybridized carbons (Fsp3) is 0.182. The lowest BCUT2D eigenvalue weighted by Gasteiger charge is -2.14. The van der Waals surface area contributed by atoms with Crippen LogP contribution < -0.4 is 11.3 Å². The molecule has 1 unspecified atom stereocenters. The van der Waals surface area contributed by atoms with Crippen LogP contribution in [0.3, 0.4) is 0 Å². The first-order chi connectivity index (χ1) is 7.72. The predicted octanol–water partition coefficient (Wildman–Crippen LogP) is 2.14. The number of aromatic nitrogens is 1. The molecule has 0 aliphatic rings. The number of nitrogens with one attached hydrogen (secondary N) is 1. The Morgan fingerprint density at radius 1 is 1.44 bits per heavy atom. The van der Waals surface area contributed by atoms with Gasteiger partial charge in [0, 0.05) is 16.6 Å². The standard InChI is InChI=1S/C11H12FN3S/c1-7-14-6-10(16-7)11(15-13)8-4-2-3-5-9(8)12/h2-6,11,15H,13H2,1H3. The second-order valence-corrected chi connectivity index (χ2v) is 4.67. The van der Waals surface area contributed by atoms with E-state index in [1.165, 1.54) is 17.4 Å². The van der Waals surface area contributed by atoms with Gasteiger partial charge in [0.25, 0.3) is 0 Å². The Morgan fingerprint density at radius 3 is 2.75 bits per heavy atom. The first-order valence-corrected chi connectivity index (χ1v) is 5.67. The number of hydrazine groups is 1. The number of halogens is 1. The average Bonchev–Trinajstić information content (AvgIpc) is 2.69. The largest absolute Gasteiger partial charge is 0.271 e. The molecule has 0 saturated carbocycles. The zero-order valence-electron chi connectivity index (χ0n) is 8.77. The van der Waals surface area contributed by atoms with Crippen molar-refractivity contribution in [2.24, 2.45) is 5.84 Å². The molecule has 0 bridgehead atoms. The van der Waals surface area contributed by atoms with E-state index in [4.69, 9.17) is 5.84 Å². The van der Waals surface area contributed by atoms with Gasteiger partial charge < -0.3 is 0 Å². The summed E-state index contributed by atoms with van der Waals surface area (Å²) >= 11 is 1.50. The van der Waals surface area contributed by atoms with Crippen molar-refractivity contribution < 1.29 is 4.39 Å². The molecule has 84 valence electrons. The van der Waals surface area contributed by atoms with Crippen molar-refractivity contribution in [3.05, 3.63) is 51.7 Å². The molecule has 5 heteroatoms. The molecule has 2 aromatic rings. The van der Waals surface area contributed by atoms with E-state index in [2.05, 4.69) is 10.4 Å². The first kappa shape index (κ1) is 11.2. The van der Waals surface area contributed by atoms with Crippen molar-refractivity contribution in [3.8, 4) is 0 Å². The smallest absolute Gasteiger partial charge is 0.128 e. The highest BCUT2D eigenvalue weighted by molar-refractivity contribution is 7.11. The van der Waals surface area contributed by atoms with Gasteiger partial charge >= 0.3 is 0 Å². The Labute approximate surface area is 97.1 Å². The monoisotopic (exact) mass is 237 g/mol. The van der Waals surface area contributed by atoms with Crippen molar-refractivity contribution in [2.75, 3.05) is 0 Å². The maximum atomic E-state index is 13.6. The summed E-state index contributed by atoms with van der Waals surface area (Å²) < 4.78 is 13.6. The summed E-state index contributed by atoms with van der Waals surface area (Å²) in [4.78, 5) is 5.05. The molecule has 0 aliphatic carbocycles. The third-order valence-electron chi connectivity index (χ3n) is 2.31. The van der Waals surface area contributed by atoms with Crippen LogP contribution in [0, 0.1) is 12.7 Å². The zero-order chi connectivity index (χ0) is 11.5. The minimum absolute atomic E-state index is 0.267.